The van der Waals surface area contributed by atoms with Crippen molar-refractivity contribution in [2.24, 2.45) is 0 Å². The number of nitrogens with zero attached hydrogens (tertiary/aromatic N) is 1. The fourth-order valence-electron chi connectivity index (χ4n) is 1.99. The van der Waals surface area contributed by atoms with Crippen LogP contribution < -0.4 is 10.1 Å². The van der Waals surface area contributed by atoms with Crippen LogP contribution in [0.15, 0.2) is 42.5 Å². The molecule has 5 nitrogen and oxygen atoms in total. The number of methoxy groups -OCH3 is 1. The zero-order valence-corrected chi connectivity index (χ0v) is 11.7. The summed E-state index contributed by atoms with van der Waals surface area (Å²) in [4.78, 5) is 10.1. The van der Waals surface area contributed by atoms with Gasteiger partial charge in [-0.15, -0.1) is 0 Å². The summed E-state index contributed by atoms with van der Waals surface area (Å²) in [5.41, 5.74) is 1.20. The molecule has 0 aromatic heterocycles. The molecule has 0 saturated carbocycles. The van der Waals surface area contributed by atoms with E-state index in [4.69, 9.17) is 4.74 Å². The lowest BCUT2D eigenvalue weighted by atomic mass is 10.1. The van der Waals surface area contributed by atoms with Gasteiger partial charge in [-0.2, -0.15) is 0 Å². The quantitative estimate of drug-likeness (QED) is 0.669. The van der Waals surface area contributed by atoms with Gasteiger partial charge in [0.05, 0.1) is 18.1 Å². The maximum Gasteiger partial charge on any atom is 0.269 e. The second-order valence-electron chi connectivity index (χ2n) is 4.56. The monoisotopic (exact) mass is 290 g/mol. The molecule has 1 atom stereocenters. The Balaban J connectivity index is 2.13. The standard InChI is InChI=1S/C15H15FN2O3/c1-10(14-8-7-13(21-2)9-15(14)16)17-11-3-5-12(6-4-11)18(19)20/h3-10,17H,1-2H3. The van der Waals surface area contributed by atoms with Crippen LogP contribution in [0.4, 0.5) is 15.8 Å². The molecule has 0 radical (unpaired) electrons. The fraction of sp³-hybridized carbons (Fsp3) is 0.200. The third-order valence-corrected chi connectivity index (χ3v) is 3.14. The number of ether oxygens (including phenoxy) is 1. The van der Waals surface area contributed by atoms with Crippen molar-refractivity contribution in [1.29, 1.82) is 0 Å². The van der Waals surface area contributed by atoms with Gasteiger partial charge in [0.1, 0.15) is 11.6 Å². The molecule has 6 heteroatoms. The average Bonchev–Trinajstić information content (AvgIpc) is 2.47. The lowest BCUT2D eigenvalue weighted by molar-refractivity contribution is -0.384. The van der Waals surface area contributed by atoms with Crippen LogP contribution in [0.2, 0.25) is 0 Å². The molecule has 110 valence electrons. The number of non-ortho nitro benzene ring substituents is 1. The van der Waals surface area contributed by atoms with Crippen molar-refractivity contribution in [1.82, 2.24) is 0 Å². The van der Waals surface area contributed by atoms with Gasteiger partial charge in [-0.1, -0.05) is 6.07 Å². The minimum Gasteiger partial charge on any atom is -0.497 e. The first-order valence-electron chi connectivity index (χ1n) is 6.35. The molecule has 2 rings (SSSR count). The van der Waals surface area contributed by atoms with E-state index in [0.717, 1.165) is 0 Å². The van der Waals surface area contributed by atoms with E-state index in [1.165, 1.54) is 25.3 Å². The van der Waals surface area contributed by atoms with Crippen molar-refractivity contribution in [2.75, 3.05) is 12.4 Å². The number of hydrogen-bond acceptors (Lipinski definition) is 4. The SMILES string of the molecule is COc1ccc(C(C)Nc2ccc([N+](=O)[O-])cc2)c(F)c1. The number of hydrogen-bond donors (Lipinski definition) is 1. The summed E-state index contributed by atoms with van der Waals surface area (Å²) in [5, 5.41) is 13.7. The lowest BCUT2D eigenvalue weighted by Gasteiger charge is -2.16. The van der Waals surface area contributed by atoms with E-state index in [1.54, 1.807) is 24.3 Å². The van der Waals surface area contributed by atoms with E-state index in [-0.39, 0.29) is 17.5 Å². The second-order valence-corrected chi connectivity index (χ2v) is 4.56. The Labute approximate surface area is 121 Å². The first kappa shape index (κ1) is 14.8. The first-order chi connectivity index (χ1) is 10.0. The van der Waals surface area contributed by atoms with Crippen molar-refractivity contribution in [3.05, 3.63) is 64.0 Å². The van der Waals surface area contributed by atoms with Gasteiger partial charge in [-0.05, 0) is 25.1 Å². The molecule has 1 N–H and O–H groups in total. The Kier molecular flexibility index (Phi) is 4.37. The van der Waals surface area contributed by atoms with Crippen LogP contribution in [-0.2, 0) is 0 Å². The Morgan fingerprint density at radius 1 is 1.24 bits per heavy atom. The highest BCUT2D eigenvalue weighted by Crippen LogP contribution is 2.25. The van der Waals surface area contributed by atoms with Gasteiger partial charge in [0.25, 0.3) is 5.69 Å². The molecule has 0 aliphatic rings. The van der Waals surface area contributed by atoms with Crippen LogP contribution in [0.3, 0.4) is 0 Å². The summed E-state index contributed by atoms with van der Waals surface area (Å²) in [6.07, 6.45) is 0. The fourth-order valence-corrected chi connectivity index (χ4v) is 1.99. The van der Waals surface area contributed by atoms with E-state index in [9.17, 15) is 14.5 Å². The topological polar surface area (TPSA) is 64.4 Å². The van der Waals surface area contributed by atoms with Crippen LogP contribution in [0, 0.1) is 15.9 Å². The van der Waals surface area contributed by atoms with Gasteiger partial charge >= 0.3 is 0 Å². The molecule has 0 amide bonds. The van der Waals surface area contributed by atoms with E-state index >= 15 is 0 Å². The Hall–Kier alpha value is -2.63. The second kappa shape index (κ2) is 6.21. The largest absolute Gasteiger partial charge is 0.497 e. The number of anilines is 1. The lowest BCUT2D eigenvalue weighted by Crippen LogP contribution is -2.08. The van der Waals surface area contributed by atoms with Gasteiger partial charge in [0.2, 0.25) is 0 Å². The average molecular weight is 290 g/mol. The highest BCUT2D eigenvalue weighted by Gasteiger charge is 2.12. The van der Waals surface area contributed by atoms with Gasteiger partial charge < -0.3 is 10.1 Å². The van der Waals surface area contributed by atoms with Crippen LogP contribution in [0.5, 0.6) is 5.75 Å². The van der Waals surface area contributed by atoms with Crippen LogP contribution in [-0.4, -0.2) is 12.0 Å². The van der Waals surface area contributed by atoms with Crippen molar-refractivity contribution >= 4 is 11.4 Å². The number of nitrogens with one attached hydrogen (secondary N) is 1. The molecular weight excluding hydrogens is 275 g/mol. The van der Waals surface area contributed by atoms with E-state index in [2.05, 4.69) is 5.32 Å². The molecule has 21 heavy (non-hydrogen) atoms. The highest BCUT2D eigenvalue weighted by molar-refractivity contribution is 5.50. The van der Waals surface area contributed by atoms with Crippen molar-refractivity contribution in [3.8, 4) is 5.75 Å². The Morgan fingerprint density at radius 3 is 2.43 bits per heavy atom. The van der Waals surface area contributed by atoms with Crippen molar-refractivity contribution in [2.45, 2.75) is 13.0 Å². The highest BCUT2D eigenvalue weighted by atomic mass is 19.1. The van der Waals surface area contributed by atoms with Crippen molar-refractivity contribution < 1.29 is 14.1 Å². The van der Waals surface area contributed by atoms with Gasteiger partial charge in [0.15, 0.2) is 0 Å². The first-order valence-corrected chi connectivity index (χ1v) is 6.35. The third kappa shape index (κ3) is 3.47. The molecule has 0 heterocycles. The third-order valence-electron chi connectivity index (χ3n) is 3.14. The number of benzene rings is 2. The van der Waals surface area contributed by atoms with E-state index in [0.29, 0.717) is 17.0 Å². The zero-order valence-electron chi connectivity index (χ0n) is 11.7. The minimum absolute atomic E-state index is 0.0174. The molecule has 0 fully saturated rings. The predicted molar refractivity (Wildman–Crippen MR) is 78.1 cm³/mol. The molecule has 0 saturated heterocycles. The van der Waals surface area contributed by atoms with E-state index < -0.39 is 4.92 Å². The van der Waals surface area contributed by atoms with Crippen LogP contribution in [0.25, 0.3) is 0 Å². The minimum atomic E-state index is -0.462. The number of nitro groups is 1. The molecule has 0 bridgehead atoms. The van der Waals surface area contributed by atoms with Crippen LogP contribution >= 0.6 is 0 Å². The Morgan fingerprint density at radius 2 is 1.90 bits per heavy atom. The summed E-state index contributed by atoms with van der Waals surface area (Å²) in [6.45, 7) is 1.81. The normalized spacial score (nSPS) is 11.8. The number of nitro benzene ring substituents is 1. The summed E-state index contributed by atoms with van der Waals surface area (Å²) < 4.78 is 18.9. The molecule has 1 unspecified atom stereocenters. The maximum absolute atomic E-state index is 14.0. The van der Waals surface area contributed by atoms with Crippen molar-refractivity contribution in [3.63, 3.8) is 0 Å². The van der Waals surface area contributed by atoms with Gasteiger partial charge in [-0.25, -0.2) is 4.39 Å². The molecule has 2 aromatic rings. The van der Waals surface area contributed by atoms with Gasteiger partial charge in [-0.3, -0.25) is 10.1 Å². The number of rotatable bonds is 5. The van der Waals surface area contributed by atoms with Crippen LogP contribution in [0.1, 0.15) is 18.5 Å². The summed E-state index contributed by atoms with van der Waals surface area (Å²) in [5.74, 6) is 0.0926. The summed E-state index contributed by atoms with van der Waals surface area (Å²) in [7, 11) is 1.48. The summed E-state index contributed by atoms with van der Waals surface area (Å²) in [6, 6.07) is 10.4. The molecule has 0 aliphatic carbocycles. The molecular formula is C15H15FN2O3. The summed E-state index contributed by atoms with van der Waals surface area (Å²) >= 11 is 0. The smallest absolute Gasteiger partial charge is 0.269 e. The maximum atomic E-state index is 14.0. The molecule has 0 aliphatic heterocycles. The zero-order chi connectivity index (χ0) is 15.4. The van der Waals surface area contributed by atoms with Gasteiger partial charge in [0, 0.05) is 29.4 Å². The molecule has 0 spiro atoms. The Bertz CT molecular complexity index is 644. The molecule has 2 aromatic carbocycles. The van der Waals surface area contributed by atoms with E-state index in [1.807, 2.05) is 6.92 Å². The number of halogens is 1. The predicted octanol–water partition coefficient (Wildman–Crippen LogP) is 3.92.